The molecular formula is C11H11NOS. The first-order chi connectivity index (χ1) is 6.77. The summed E-state index contributed by atoms with van der Waals surface area (Å²) < 4.78 is 0. The van der Waals surface area contributed by atoms with Gasteiger partial charge in [-0.3, -0.25) is 0 Å². The van der Waals surface area contributed by atoms with E-state index in [1.165, 1.54) is 11.3 Å². The van der Waals surface area contributed by atoms with Gasteiger partial charge in [0.05, 0.1) is 5.69 Å². The Morgan fingerprint density at radius 3 is 2.57 bits per heavy atom. The third kappa shape index (κ3) is 1.84. The van der Waals surface area contributed by atoms with Crippen LogP contribution in [0.15, 0.2) is 35.7 Å². The van der Waals surface area contributed by atoms with Crippen LogP contribution < -0.4 is 0 Å². The molecule has 0 aliphatic carbocycles. The molecule has 2 rings (SSSR count). The van der Waals surface area contributed by atoms with Crippen LogP contribution in [-0.4, -0.2) is 10.1 Å². The Morgan fingerprint density at radius 2 is 2.00 bits per heavy atom. The maximum absolute atomic E-state index is 9.33. The van der Waals surface area contributed by atoms with Gasteiger partial charge in [0.25, 0.3) is 0 Å². The van der Waals surface area contributed by atoms with Crippen LogP contribution in [0.2, 0.25) is 0 Å². The average molecular weight is 205 g/mol. The summed E-state index contributed by atoms with van der Waals surface area (Å²) in [6.07, 6.45) is -0.475. The van der Waals surface area contributed by atoms with Gasteiger partial charge in [-0.2, -0.15) is 0 Å². The number of nitrogens with zero attached hydrogens (tertiary/aromatic N) is 1. The minimum absolute atomic E-state index is 0.475. The SMILES string of the molecule is C[C@@H](O)c1nc(-c2ccccc2)cs1. The van der Waals surface area contributed by atoms with Gasteiger partial charge in [0.2, 0.25) is 0 Å². The number of rotatable bonds is 2. The van der Waals surface area contributed by atoms with Crippen molar-refractivity contribution in [3.63, 3.8) is 0 Å². The first-order valence-electron chi connectivity index (χ1n) is 4.46. The van der Waals surface area contributed by atoms with Crippen molar-refractivity contribution in [3.8, 4) is 11.3 Å². The molecular weight excluding hydrogens is 194 g/mol. The summed E-state index contributed by atoms with van der Waals surface area (Å²) in [4.78, 5) is 4.35. The van der Waals surface area contributed by atoms with E-state index in [4.69, 9.17) is 0 Å². The molecule has 0 amide bonds. The van der Waals surface area contributed by atoms with Gasteiger partial charge in [-0.25, -0.2) is 4.98 Å². The number of hydrogen-bond donors (Lipinski definition) is 1. The Bertz CT molecular complexity index is 408. The maximum Gasteiger partial charge on any atom is 0.122 e. The predicted molar refractivity (Wildman–Crippen MR) is 58.2 cm³/mol. The maximum atomic E-state index is 9.33. The monoisotopic (exact) mass is 205 g/mol. The quantitative estimate of drug-likeness (QED) is 0.817. The van der Waals surface area contributed by atoms with E-state index in [2.05, 4.69) is 4.98 Å². The molecule has 0 fully saturated rings. The topological polar surface area (TPSA) is 33.1 Å². The summed E-state index contributed by atoms with van der Waals surface area (Å²) in [5, 5.41) is 12.1. The van der Waals surface area contributed by atoms with Crippen LogP contribution in [0, 0.1) is 0 Å². The van der Waals surface area contributed by atoms with Gasteiger partial charge in [0.1, 0.15) is 11.1 Å². The summed E-state index contributed by atoms with van der Waals surface area (Å²) in [6.45, 7) is 1.73. The molecule has 1 aromatic heterocycles. The number of aromatic nitrogens is 1. The van der Waals surface area contributed by atoms with E-state index in [-0.39, 0.29) is 0 Å². The van der Waals surface area contributed by atoms with Crippen molar-refractivity contribution in [1.29, 1.82) is 0 Å². The lowest BCUT2D eigenvalue weighted by atomic mass is 10.2. The van der Waals surface area contributed by atoms with E-state index >= 15 is 0 Å². The fraction of sp³-hybridized carbons (Fsp3) is 0.182. The van der Waals surface area contributed by atoms with Crippen molar-refractivity contribution in [3.05, 3.63) is 40.7 Å². The zero-order valence-electron chi connectivity index (χ0n) is 7.84. The van der Waals surface area contributed by atoms with Gasteiger partial charge in [-0.15, -0.1) is 11.3 Å². The summed E-state index contributed by atoms with van der Waals surface area (Å²) in [6, 6.07) is 9.97. The van der Waals surface area contributed by atoms with Crippen LogP contribution in [0.4, 0.5) is 0 Å². The normalized spacial score (nSPS) is 12.7. The highest BCUT2D eigenvalue weighted by Gasteiger charge is 2.07. The van der Waals surface area contributed by atoms with Gasteiger partial charge in [0, 0.05) is 10.9 Å². The fourth-order valence-electron chi connectivity index (χ4n) is 1.22. The van der Waals surface area contributed by atoms with Crippen LogP contribution >= 0.6 is 11.3 Å². The minimum Gasteiger partial charge on any atom is -0.386 e. The van der Waals surface area contributed by atoms with E-state index in [0.29, 0.717) is 0 Å². The zero-order valence-corrected chi connectivity index (χ0v) is 8.66. The number of benzene rings is 1. The molecule has 0 unspecified atom stereocenters. The molecule has 1 N–H and O–H groups in total. The largest absolute Gasteiger partial charge is 0.386 e. The van der Waals surface area contributed by atoms with Crippen LogP contribution in [-0.2, 0) is 0 Å². The van der Waals surface area contributed by atoms with Crippen molar-refractivity contribution in [2.75, 3.05) is 0 Å². The smallest absolute Gasteiger partial charge is 0.122 e. The Kier molecular flexibility index (Phi) is 2.61. The van der Waals surface area contributed by atoms with E-state index in [9.17, 15) is 5.11 Å². The highest BCUT2D eigenvalue weighted by Crippen LogP contribution is 2.24. The first kappa shape index (κ1) is 9.37. The van der Waals surface area contributed by atoms with E-state index in [1.54, 1.807) is 6.92 Å². The van der Waals surface area contributed by atoms with Gasteiger partial charge >= 0.3 is 0 Å². The second-order valence-corrected chi connectivity index (χ2v) is 4.00. The fourth-order valence-corrected chi connectivity index (χ4v) is 1.99. The van der Waals surface area contributed by atoms with Crippen molar-refractivity contribution >= 4 is 11.3 Å². The van der Waals surface area contributed by atoms with E-state index in [0.717, 1.165) is 16.3 Å². The molecule has 0 spiro atoms. The molecule has 14 heavy (non-hydrogen) atoms. The lowest BCUT2D eigenvalue weighted by Crippen LogP contribution is -1.88. The lowest BCUT2D eigenvalue weighted by molar-refractivity contribution is 0.199. The molecule has 2 aromatic rings. The second kappa shape index (κ2) is 3.90. The third-order valence-electron chi connectivity index (χ3n) is 1.95. The number of aliphatic hydroxyl groups excluding tert-OH is 1. The lowest BCUT2D eigenvalue weighted by Gasteiger charge is -1.97. The standard InChI is InChI=1S/C11H11NOS/c1-8(13)11-12-10(7-14-11)9-5-3-2-4-6-9/h2-8,13H,1H3/t8-/m1/s1. The molecule has 0 saturated carbocycles. The molecule has 2 nitrogen and oxygen atoms in total. The Hall–Kier alpha value is -1.19. The van der Waals surface area contributed by atoms with Crippen LogP contribution in [0.3, 0.4) is 0 Å². The van der Waals surface area contributed by atoms with E-state index in [1.807, 2.05) is 35.7 Å². The van der Waals surface area contributed by atoms with Crippen molar-refractivity contribution in [1.82, 2.24) is 4.98 Å². The number of aliphatic hydroxyl groups is 1. The Labute approximate surface area is 86.9 Å². The summed E-state index contributed by atoms with van der Waals surface area (Å²) in [5.41, 5.74) is 2.03. The molecule has 0 aliphatic rings. The average Bonchev–Trinajstić information content (AvgIpc) is 2.68. The molecule has 1 atom stereocenters. The first-order valence-corrected chi connectivity index (χ1v) is 5.34. The minimum atomic E-state index is -0.475. The molecule has 3 heteroatoms. The third-order valence-corrected chi connectivity index (χ3v) is 2.96. The van der Waals surface area contributed by atoms with Crippen molar-refractivity contribution in [2.24, 2.45) is 0 Å². The van der Waals surface area contributed by atoms with Gasteiger partial charge < -0.3 is 5.11 Å². The van der Waals surface area contributed by atoms with Crippen molar-refractivity contribution < 1.29 is 5.11 Å². The number of thiazole rings is 1. The molecule has 0 saturated heterocycles. The van der Waals surface area contributed by atoms with Gasteiger partial charge in [0.15, 0.2) is 0 Å². The second-order valence-electron chi connectivity index (χ2n) is 3.11. The number of hydrogen-bond acceptors (Lipinski definition) is 3. The molecule has 72 valence electrons. The van der Waals surface area contributed by atoms with Gasteiger partial charge in [-0.05, 0) is 6.92 Å². The van der Waals surface area contributed by atoms with Crippen LogP contribution in [0.5, 0.6) is 0 Å². The molecule has 0 bridgehead atoms. The molecule has 0 radical (unpaired) electrons. The zero-order chi connectivity index (χ0) is 9.97. The summed E-state index contributed by atoms with van der Waals surface area (Å²) in [7, 11) is 0. The molecule has 1 heterocycles. The van der Waals surface area contributed by atoms with Crippen LogP contribution in [0.1, 0.15) is 18.0 Å². The molecule has 0 aliphatic heterocycles. The summed E-state index contributed by atoms with van der Waals surface area (Å²) >= 11 is 1.49. The van der Waals surface area contributed by atoms with Crippen molar-refractivity contribution in [2.45, 2.75) is 13.0 Å². The van der Waals surface area contributed by atoms with Gasteiger partial charge in [-0.1, -0.05) is 30.3 Å². The highest BCUT2D eigenvalue weighted by molar-refractivity contribution is 7.10. The summed E-state index contributed by atoms with van der Waals surface area (Å²) in [5.74, 6) is 0. The highest BCUT2D eigenvalue weighted by atomic mass is 32.1. The Morgan fingerprint density at radius 1 is 1.29 bits per heavy atom. The van der Waals surface area contributed by atoms with E-state index < -0.39 is 6.10 Å². The Balaban J connectivity index is 2.34. The predicted octanol–water partition coefficient (Wildman–Crippen LogP) is 2.86. The molecule has 1 aromatic carbocycles. The van der Waals surface area contributed by atoms with Crippen LogP contribution in [0.25, 0.3) is 11.3 Å².